The second-order valence-corrected chi connectivity index (χ2v) is 7.06. The third-order valence-corrected chi connectivity index (χ3v) is 5.24. The van der Waals surface area contributed by atoms with Gasteiger partial charge in [-0.1, -0.05) is 59.8 Å². The lowest BCUT2D eigenvalue weighted by molar-refractivity contribution is 0.783. The highest BCUT2D eigenvalue weighted by atomic mass is 32.2. The Morgan fingerprint density at radius 2 is 2.00 bits per heavy atom. The molecule has 0 radical (unpaired) electrons. The number of para-hydroxylation sites is 1. The first-order valence-corrected chi connectivity index (χ1v) is 9.33. The number of hydrogen-bond donors (Lipinski definition) is 0. The maximum absolute atomic E-state index is 12.8. The fraction of sp³-hybridized carbons (Fsp3) is 0.150. The molecule has 6 heteroatoms. The summed E-state index contributed by atoms with van der Waals surface area (Å²) in [6.07, 6.45) is 1.70. The molecule has 5 nitrogen and oxygen atoms in total. The lowest BCUT2D eigenvalue weighted by Crippen LogP contribution is -2.22. The van der Waals surface area contributed by atoms with Gasteiger partial charge in [-0.2, -0.15) is 0 Å². The number of allylic oxidation sites excluding steroid dienone is 1. The lowest BCUT2D eigenvalue weighted by atomic mass is 10.2. The maximum atomic E-state index is 12.8. The van der Waals surface area contributed by atoms with Crippen molar-refractivity contribution in [3.8, 4) is 0 Å². The minimum absolute atomic E-state index is 0.0735. The highest BCUT2D eigenvalue weighted by molar-refractivity contribution is 7.98. The molecular formula is C20H18N4OS. The number of nitrogens with zero attached hydrogens (tertiary/aromatic N) is 4. The lowest BCUT2D eigenvalue weighted by Gasteiger charge is -2.09. The molecule has 0 spiro atoms. The van der Waals surface area contributed by atoms with Gasteiger partial charge >= 0.3 is 0 Å². The minimum Gasteiger partial charge on any atom is -0.272 e. The smallest absolute Gasteiger partial charge is 0.263 e. The average Bonchev–Trinajstić information content (AvgIpc) is 3.07. The average molecular weight is 362 g/mol. The van der Waals surface area contributed by atoms with Crippen LogP contribution in [-0.2, 0) is 12.3 Å². The van der Waals surface area contributed by atoms with Crippen LogP contribution in [0.1, 0.15) is 11.1 Å². The highest BCUT2D eigenvalue weighted by Gasteiger charge is 2.16. The molecule has 4 rings (SSSR count). The Morgan fingerprint density at radius 1 is 1.15 bits per heavy atom. The fourth-order valence-electron chi connectivity index (χ4n) is 3.07. The van der Waals surface area contributed by atoms with E-state index in [-0.39, 0.29) is 5.56 Å². The van der Waals surface area contributed by atoms with Gasteiger partial charge < -0.3 is 0 Å². The van der Waals surface area contributed by atoms with E-state index < -0.39 is 0 Å². The van der Waals surface area contributed by atoms with E-state index in [0.29, 0.717) is 17.7 Å². The quantitative estimate of drug-likeness (QED) is 0.400. The topological polar surface area (TPSA) is 52.2 Å². The largest absolute Gasteiger partial charge is 0.272 e. The van der Waals surface area contributed by atoms with Crippen LogP contribution in [-0.4, -0.2) is 19.2 Å². The summed E-state index contributed by atoms with van der Waals surface area (Å²) in [5.74, 6) is 1.33. The van der Waals surface area contributed by atoms with Crippen molar-refractivity contribution in [2.45, 2.75) is 24.4 Å². The van der Waals surface area contributed by atoms with Gasteiger partial charge in [0, 0.05) is 12.3 Å². The Balaban J connectivity index is 1.86. The van der Waals surface area contributed by atoms with Gasteiger partial charge in [0.15, 0.2) is 5.16 Å². The summed E-state index contributed by atoms with van der Waals surface area (Å²) in [6, 6.07) is 16.0. The van der Waals surface area contributed by atoms with Gasteiger partial charge in [0.25, 0.3) is 5.56 Å². The summed E-state index contributed by atoms with van der Waals surface area (Å²) in [5, 5.41) is 10.1. The number of aromatic nitrogens is 4. The Labute approximate surface area is 155 Å². The Kier molecular flexibility index (Phi) is 4.34. The van der Waals surface area contributed by atoms with Crippen LogP contribution in [0.2, 0.25) is 0 Å². The molecule has 130 valence electrons. The van der Waals surface area contributed by atoms with Crippen molar-refractivity contribution in [2.75, 3.05) is 0 Å². The summed E-state index contributed by atoms with van der Waals surface area (Å²) < 4.78 is 3.57. The summed E-state index contributed by atoms with van der Waals surface area (Å²) in [7, 11) is 0. The molecule has 2 aromatic heterocycles. The van der Waals surface area contributed by atoms with Crippen LogP contribution in [0.15, 0.2) is 71.1 Å². The van der Waals surface area contributed by atoms with E-state index in [0.717, 1.165) is 16.4 Å². The molecule has 0 aliphatic carbocycles. The van der Waals surface area contributed by atoms with Gasteiger partial charge in [0.05, 0.1) is 10.9 Å². The molecule has 4 aromatic rings. The predicted molar refractivity (Wildman–Crippen MR) is 106 cm³/mol. The van der Waals surface area contributed by atoms with Crippen LogP contribution >= 0.6 is 11.8 Å². The fourth-order valence-corrected chi connectivity index (χ4v) is 3.95. The van der Waals surface area contributed by atoms with E-state index in [9.17, 15) is 4.79 Å². The first-order chi connectivity index (χ1) is 12.7. The maximum Gasteiger partial charge on any atom is 0.263 e. The van der Waals surface area contributed by atoms with Gasteiger partial charge in [0.1, 0.15) is 0 Å². The monoisotopic (exact) mass is 362 g/mol. The molecule has 0 unspecified atom stereocenters. The van der Waals surface area contributed by atoms with Crippen molar-refractivity contribution >= 4 is 28.4 Å². The predicted octanol–water partition coefficient (Wildman–Crippen LogP) is 3.83. The van der Waals surface area contributed by atoms with Crippen molar-refractivity contribution in [1.29, 1.82) is 0 Å². The van der Waals surface area contributed by atoms with Crippen LogP contribution < -0.4 is 5.56 Å². The summed E-state index contributed by atoms with van der Waals surface area (Å²) in [5.41, 5.74) is 3.22. The number of hydrogen-bond acceptors (Lipinski definition) is 4. The van der Waals surface area contributed by atoms with Crippen LogP contribution in [0.4, 0.5) is 0 Å². The number of benzene rings is 2. The molecule has 0 saturated carbocycles. The first-order valence-electron chi connectivity index (χ1n) is 8.35. The van der Waals surface area contributed by atoms with Crippen molar-refractivity contribution in [1.82, 2.24) is 19.2 Å². The van der Waals surface area contributed by atoms with Crippen molar-refractivity contribution in [3.63, 3.8) is 0 Å². The summed E-state index contributed by atoms with van der Waals surface area (Å²) >= 11 is 1.61. The second-order valence-electron chi connectivity index (χ2n) is 6.12. The van der Waals surface area contributed by atoms with Gasteiger partial charge in [-0.05, 0) is 24.6 Å². The molecule has 2 aromatic carbocycles. The SMILES string of the molecule is C=CCn1c(=O)c2ccccc2n2c(SCc3cccc(C)c3)nnc12. The zero-order valence-electron chi connectivity index (χ0n) is 14.4. The number of thioether (sulfide) groups is 1. The normalized spacial score (nSPS) is 11.3. The molecular weight excluding hydrogens is 344 g/mol. The molecule has 2 heterocycles. The van der Waals surface area contributed by atoms with Crippen LogP contribution in [0.5, 0.6) is 0 Å². The first kappa shape index (κ1) is 16.6. The Morgan fingerprint density at radius 3 is 2.81 bits per heavy atom. The van der Waals surface area contributed by atoms with Crippen molar-refractivity contribution in [3.05, 3.63) is 82.7 Å². The summed E-state index contributed by atoms with van der Waals surface area (Å²) in [6.45, 7) is 6.23. The molecule has 0 fully saturated rings. The highest BCUT2D eigenvalue weighted by Crippen LogP contribution is 2.24. The van der Waals surface area contributed by atoms with Gasteiger partial charge in [-0.25, -0.2) is 0 Å². The van der Waals surface area contributed by atoms with Crippen LogP contribution in [0, 0.1) is 6.92 Å². The Hall–Kier alpha value is -2.86. The van der Waals surface area contributed by atoms with E-state index in [1.165, 1.54) is 11.1 Å². The number of aryl methyl sites for hydroxylation is 1. The third kappa shape index (κ3) is 2.82. The van der Waals surface area contributed by atoms with Crippen molar-refractivity contribution in [2.24, 2.45) is 0 Å². The molecule has 0 amide bonds. The van der Waals surface area contributed by atoms with Crippen LogP contribution in [0.3, 0.4) is 0 Å². The van der Waals surface area contributed by atoms with E-state index >= 15 is 0 Å². The molecule has 0 atom stereocenters. The molecule has 0 aliphatic heterocycles. The van der Waals surface area contributed by atoms with Crippen LogP contribution in [0.25, 0.3) is 16.7 Å². The number of fused-ring (bicyclic) bond motifs is 3. The zero-order valence-corrected chi connectivity index (χ0v) is 15.2. The zero-order chi connectivity index (χ0) is 18.1. The molecule has 0 bridgehead atoms. The molecule has 0 saturated heterocycles. The molecule has 0 aliphatic rings. The Bertz CT molecular complexity index is 1180. The summed E-state index contributed by atoms with van der Waals surface area (Å²) in [4.78, 5) is 12.8. The minimum atomic E-state index is -0.0735. The standard InChI is InChI=1S/C20H18N4OS/c1-3-11-23-18(25)16-9-4-5-10-17(16)24-19(23)21-22-20(24)26-13-15-8-6-7-14(2)12-15/h3-10,12H,1,11,13H2,2H3. The van der Waals surface area contributed by atoms with Gasteiger partial charge in [-0.3, -0.25) is 13.8 Å². The van der Waals surface area contributed by atoms with Gasteiger partial charge in [-0.15, -0.1) is 16.8 Å². The van der Waals surface area contributed by atoms with Crippen molar-refractivity contribution < 1.29 is 0 Å². The molecule has 0 N–H and O–H groups in total. The third-order valence-electron chi connectivity index (χ3n) is 4.24. The van der Waals surface area contributed by atoms with E-state index in [1.54, 1.807) is 22.4 Å². The van der Waals surface area contributed by atoms with Gasteiger partial charge in [0.2, 0.25) is 5.78 Å². The van der Waals surface area contributed by atoms with E-state index in [1.807, 2.05) is 28.7 Å². The number of rotatable bonds is 5. The van der Waals surface area contributed by atoms with E-state index in [2.05, 4.69) is 48.0 Å². The molecule has 26 heavy (non-hydrogen) atoms. The second kappa shape index (κ2) is 6.80. The van der Waals surface area contributed by atoms with E-state index in [4.69, 9.17) is 0 Å².